The Balaban J connectivity index is 1.48. The molecule has 2 bridgehead atoms. The predicted molar refractivity (Wildman–Crippen MR) is 90.2 cm³/mol. The van der Waals surface area contributed by atoms with E-state index in [0.29, 0.717) is 24.3 Å². The van der Waals surface area contributed by atoms with Gasteiger partial charge in [-0.15, -0.1) is 0 Å². The van der Waals surface area contributed by atoms with Gasteiger partial charge < -0.3 is 9.64 Å². The average molecular weight is 313 g/mol. The van der Waals surface area contributed by atoms with Crippen molar-refractivity contribution in [3.63, 3.8) is 0 Å². The van der Waals surface area contributed by atoms with E-state index in [9.17, 15) is 4.79 Å². The van der Waals surface area contributed by atoms with Crippen molar-refractivity contribution in [1.82, 2.24) is 4.90 Å². The van der Waals surface area contributed by atoms with Crippen LogP contribution in [0, 0.1) is 17.8 Å². The molecule has 1 aliphatic heterocycles. The van der Waals surface area contributed by atoms with E-state index in [0.717, 1.165) is 37.5 Å². The number of likely N-dealkylation sites (tertiary alicyclic amines) is 1. The van der Waals surface area contributed by atoms with Gasteiger partial charge >= 0.3 is 0 Å². The monoisotopic (exact) mass is 313 g/mol. The summed E-state index contributed by atoms with van der Waals surface area (Å²) in [4.78, 5) is 15.3. The van der Waals surface area contributed by atoms with Gasteiger partial charge in [0.15, 0.2) is 0 Å². The Morgan fingerprint density at radius 2 is 2.00 bits per heavy atom. The molecule has 2 aliphatic carbocycles. The number of nitrogens with zero attached hydrogens (tertiary/aromatic N) is 1. The fourth-order valence-electron chi connectivity index (χ4n) is 5.09. The molecule has 3 heteroatoms. The maximum atomic E-state index is 13.1. The molecule has 1 aromatic rings. The molecule has 1 aromatic carbocycles. The van der Waals surface area contributed by atoms with Crippen LogP contribution < -0.4 is 4.74 Å². The van der Waals surface area contributed by atoms with Crippen molar-refractivity contribution in [2.75, 3.05) is 13.2 Å². The Labute approximate surface area is 139 Å². The van der Waals surface area contributed by atoms with Crippen molar-refractivity contribution < 1.29 is 9.53 Å². The first-order valence-corrected chi connectivity index (χ1v) is 9.29. The van der Waals surface area contributed by atoms with Gasteiger partial charge in [0.1, 0.15) is 5.75 Å². The summed E-state index contributed by atoms with van der Waals surface area (Å²) in [6.45, 7) is 3.63. The van der Waals surface area contributed by atoms with E-state index < -0.39 is 0 Å². The topological polar surface area (TPSA) is 29.5 Å². The predicted octanol–water partition coefficient (Wildman–Crippen LogP) is 4.19. The molecule has 1 heterocycles. The van der Waals surface area contributed by atoms with E-state index in [1.807, 2.05) is 19.1 Å². The van der Waals surface area contributed by atoms with Crippen LogP contribution in [0.3, 0.4) is 0 Å². The van der Waals surface area contributed by atoms with E-state index in [-0.39, 0.29) is 6.04 Å². The second kappa shape index (κ2) is 6.18. The molecule has 3 nitrogen and oxygen atoms in total. The number of fused-ring (bicyclic) bond motifs is 2. The van der Waals surface area contributed by atoms with Gasteiger partial charge in [-0.25, -0.2) is 0 Å². The van der Waals surface area contributed by atoms with Crippen molar-refractivity contribution in [3.05, 3.63) is 29.8 Å². The van der Waals surface area contributed by atoms with Crippen LogP contribution in [0.15, 0.2) is 24.3 Å². The summed E-state index contributed by atoms with van der Waals surface area (Å²) >= 11 is 0. The number of amides is 1. The lowest BCUT2D eigenvalue weighted by Crippen LogP contribution is -2.37. The lowest BCUT2D eigenvalue weighted by molar-refractivity contribution is -0.138. The zero-order valence-corrected chi connectivity index (χ0v) is 14.0. The number of ether oxygens (including phenoxy) is 1. The summed E-state index contributed by atoms with van der Waals surface area (Å²) in [7, 11) is 0. The zero-order chi connectivity index (χ0) is 15.8. The fourth-order valence-corrected chi connectivity index (χ4v) is 5.09. The highest BCUT2D eigenvalue weighted by Gasteiger charge is 2.46. The third-order valence-electron chi connectivity index (χ3n) is 6.17. The third-order valence-corrected chi connectivity index (χ3v) is 6.17. The first-order valence-electron chi connectivity index (χ1n) is 9.29. The Hall–Kier alpha value is -1.51. The third kappa shape index (κ3) is 2.75. The molecular weight excluding hydrogens is 286 g/mol. The molecule has 124 valence electrons. The van der Waals surface area contributed by atoms with Gasteiger partial charge in [0.05, 0.1) is 12.6 Å². The summed E-state index contributed by atoms with van der Waals surface area (Å²) in [5.41, 5.74) is 1.27. The lowest BCUT2D eigenvalue weighted by atomic mass is 9.87. The van der Waals surface area contributed by atoms with Gasteiger partial charge in [-0.05, 0) is 68.6 Å². The smallest absolute Gasteiger partial charge is 0.226 e. The Bertz CT molecular complexity index is 568. The number of hydrogen-bond acceptors (Lipinski definition) is 2. The summed E-state index contributed by atoms with van der Waals surface area (Å²) in [5, 5.41) is 0. The maximum Gasteiger partial charge on any atom is 0.226 e. The number of benzene rings is 1. The van der Waals surface area contributed by atoms with Gasteiger partial charge in [-0.2, -0.15) is 0 Å². The molecular formula is C20H27NO2. The molecule has 1 amide bonds. The van der Waals surface area contributed by atoms with Gasteiger partial charge in [0, 0.05) is 12.5 Å². The molecule has 23 heavy (non-hydrogen) atoms. The summed E-state index contributed by atoms with van der Waals surface area (Å²) in [6, 6.07) is 8.64. The van der Waals surface area contributed by atoms with Crippen LogP contribution >= 0.6 is 0 Å². The normalized spacial score (nSPS) is 32.5. The highest BCUT2D eigenvalue weighted by molar-refractivity contribution is 5.80. The van der Waals surface area contributed by atoms with Crippen molar-refractivity contribution in [1.29, 1.82) is 0 Å². The molecule has 4 unspecified atom stereocenters. The molecule has 0 radical (unpaired) electrons. The first kappa shape index (κ1) is 15.0. The van der Waals surface area contributed by atoms with E-state index in [1.165, 1.54) is 24.8 Å². The van der Waals surface area contributed by atoms with E-state index in [4.69, 9.17) is 4.74 Å². The van der Waals surface area contributed by atoms with Crippen LogP contribution in [-0.4, -0.2) is 24.0 Å². The van der Waals surface area contributed by atoms with Crippen molar-refractivity contribution in [2.24, 2.45) is 17.8 Å². The van der Waals surface area contributed by atoms with Crippen LogP contribution in [0.2, 0.25) is 0 Å². The first-order chi connectivity index (χ1) is 11.3. The summed E-state index contributed by atoms with van der Waals surface area (Å²) in [6.07, 6.45) is 7.32. The minimum absolute atomic E-state index is 0.275. The van der Waals surface area contributed by atoms with Crippen LogP contribution in [0.4, 0.5) is 0 Å². The number of rotatable bonds is 4. The summed E-state index contributed by atoms with van der Waals surface area (Å²) in [5.74, 6) is 3.18. The second-order valence-electron chi connectivity index (χ2n) is 7.47. The molecule has 4 rings (SSSR count). The molecule has 4 atom stereocenters. The molecule has 1 saturated heterocycles. The molecule has 0 N–H and O–H groups in total. The van der Waals surface area contributed by atoms with Crippen LogP contribution in [0.1, 0.15) is 57.1 Å². The molecule has 0 aromatic heterocycles. The highest BCUT2D eigenvalue weighted by atomic mass is 16.5. The summed E-state index contributed by atoms with van der Waals surface area (Å²) < 4.78 is 5.53. The Kier molecular flexibility index (Phi) is 4.04. The Morgan fingerprint density at radius 3 is 2.65 bits per heavy atom. The van der Waals surface area contributed by atoms with E-state index >= 15 is 0 Å². The van der Waals surface area contributed by atoms with Gasteiger partial charge in [-0.1, -0.05) is 18.6 Å². The van der Waals surface area contributed by atoms with E-state index in [2.05, 4.69) is 17.0 Å². The minimum Gasteiger partial charge on any atom is -0.494 e. The molecule has 3 fully saturated rings. The van der Waals surface area contributed by atoms with Crippen LogP contribution in [0.5, 0.6) is 5.75 Å². The zero-order valence-electron chi connectivity index (χ0n) is 14.0. The van der Waals surface area contributed by atoms with Crippen molar-refractivity contribution in [2.45, 2.75) is 51.5 Å². The van der Waals surface area contributed by atoms with Gasteiger partial charge in [0.2, 0.25) is 5.91 Å². The maximum absolute atomic E-state index is 13.1. The van der Waals surface area contributed by atoms with Crippen molar-refractivity contribution >= 4 is 5.91 Å². The molecule has 0 spiro atoms. The Morgan fingerprint density at radius 1 is 1.17 bits per heavy atom. The number of carbonyl (C=O) groups excluding carboxylic acids is 1. The highest BCUT2D eigenvalue weighted by Crippen LogP contribution is 2.50. The standard InChI is InChI=1S/C20H27NO2/c1-2-23-17-9-7-15(8-10-17)19-4-3-11-21(19)20(22)18-13-14-5-6-16(18)12-14/h7-10,14,16,18-19H,2-6,11-13H2,1H3. The quantitative estimate of drug-likeness (QED) is 0.834. The number of carbonyl (C=O) groups is 1. The van der Waals surface area contributed by atoms with Gasteiger partial charge in [-0.3, -0.25) is 4.79 Å². The minimum atomic E-state index is 0.275. The fraction of sp³-hybridized carbons (Fsp3) is 0.650. The van der Waals surface area contributed by atoms with Gasteiger partial charge in [0.25, 0.3) is 0 Å². The molecule has 3 aliphatic rings. The van der Waals surface area contributed by atoms with Crippen LogP contribution in [-0.2, 0) is 4.79 Å². The SMILES string of the molecule is CCOc1ccc(C2CCCN2C(=O)C2CC3CCC2C3)cc1. The largest absolute Gasteiger partial charge is 0.494 e. The second-order valence-corrected chi connectivity index (χ2v) is 7.47. The number of hydrogen-bond donors (Lipinski definition) is 0. The average Bonchev–Trinajstić information content (AvgIpc) is 3.31. The lowest BCUT2D eigenvalue weighted by Gasteiger charge is -2.31. The van der Waals surface area contributed by atoms with E-state index in [1.54, 1.807) is 0 Å². The molecule has 2 saturated carbocycles. The van der Waals surface area contributed by atoms with Crippen molar-refractivity contribution in [3.8, 4) is 5.75 Å². The van der Waals surface area contributed by atoms with Crippen LogP contribution in [0.25, 0.3) is 0 Å².